The zero-order chi connectivity index (χ0) is 18.6. The molecular formula is C17H24N4O4S. The van der Waals surface area contributed by atoms with Crippen molar-refractivity contribution in [2.45, 2.75) is 31.1 Å². The lowest BCUT2D eigenvalue weighted by molar-refractivity contribution is 0.372. The molecule has 1 aromatic heterocycles. The van der Waals surface area contributed by atoms with E-state index in [1.165, 1.54) is 0 Å². The summed E-state index contributed by atoms with van der Waals surface area (Å²) in [5.74, 6) is 2.02. The van der Waals surface area contributed by atoms with Crippen molar-refractivity contribution in [3.63, 3.8) is 0 Å². The van der Waals surface area contributed by atoms with Gasteiger partial charge in [-0.2, -0.15) is 4.98 Å². The van der Waals surface area contributed by atoms with E-state index in [4.69, 9.17) is 9.26 Å². The molecule has 1 unspecified atom stereocenters. The number of ether oxygens (including phenoxy) is 1. The number of hydrogen-bond acceptors (Lipinski definition) is 7. The molecular weight excluding hydrogens is 356 g/mol. The second-order valence-electron chi connectivity index (χ2n) is 6.32. The minimum atomic E-state index is -3.54. The number of aromatic nitrogens is 2. The average molecular weight is 380 g/mol. The summed E-state index contributed by atoms with van der Waals surface area (Å²) in [4.78, 5) is 6.64. The molecule has 2 heterocycles. The van der Waals surface area contributed by atoms with Crippen LogP contribution in [0.4, 0.5) is 5.95 Å². The normalized spacial score (nSPS) is 18.1. The highest BCUT2D eigenvalue weighted by Gasteiger charge is 2.25. The van der Waals surface area contributed by atoms with Gasteiger partial charge in [-0.1, -0.05) is 6.92 Å². The number of sulfonamides is 1. The lowest BCUT2D eigenvalue weighted by Gasteiger charge is -2.31. The molecule has 0 saturated carbocycles. The number of aryl methyl sites for hydroxylation is 1. The predicted molar refractivity (Wildman–Crippen MR) is 96.8 cm³/mol. The van der Waals surface area contributed by atoms with Crippen LogP contribution in [-0.2, 0) is 16.4 Å². The number of nitrogens with one attached hydrogen (secondary N) is 1. The summed E-state index contributed by atoms with van der Waals surface area (Å²) in [6.45, 7) is 3.89. The van der Waals surface area contributed by atoms with E-state index in [-0.39, 0.29) is 10.8 Å². The van der Waals surface area contributed by atoms with Crippen LogP contribution >= 0.6 is 0 Å². The number of anilines is 1. The Morgan fingerprint density at radius 2 is 2.12 bits per heavy atom. The molecule has 1 fully saturated rings. The van der Waals surface area contributed by atoms with E-state index in [2.05, 4.69) is 19.8 Å². The molecule has 0 spiro atoms. The number of rotatable bonds is 7. The molecule has 1 saturated heterocycles. The minimum Gasteiger partial charge on any atom is -0.497 e. The molecule has 1 atom stereocenters. The van der Waals surface area contributed by atoms with E-state index < -0.39 is 10.0 Å². The third-order valence-electron chi connectivity index (χ3n) is 4.49. The summed E-state index contributed by atoms with van der Waals surface area (Å²) in [7, 11) is -2.00. The summed E-state index contributed by atoms with van der Waals surface area (Å²) >= 11 is 0. The van der Waals surface area contributed by atoms with Gasteiger partial charge in [0, 0.05) is 26.1 Å². The van der Waals surface area contributed by atoms with Gasteiger partial charge in [0.05, 0.1) is 12.0 Å². The van der Waals surface area contributed by atoms with Crippen molar-refractivity contribution in [3.8, 4) is 5.75 Å². The molecule has 1 aliphatic rings. The smallest absolute Gasteiger partial charge is 0.266 e. The maximum Gasteiger partial charge on any atom is 0.266 e. The fourth-order valence-corrected chi connectivity index (χ4v) is 4.11. The maximum atomic E-state index is 12.5. The number of nitrogens with zero attached hydrogens (tertiary/aromatic N) is 3. The van der Waals surface area contributed by atoms with Crippen LogP contribution in [0.15, 0.2) is 33.7 Å². The number of methoxy groups -OCH3 is 1. The van der Waals surface area contributed by atoms with Gasteiger partial charge >= 0.3 is 0 Å². The largest absolute Gasteiger partial charge is 0.497 e. The van der Waals surface area contributed by atoms with E-state index in [1.807, 2.05) is 6.92 Å². The van der Waals surface area contributed by atoms with Crippen LogP contribution in [0.1, 0.15) is 25.7 Å². The first-order chi connectivity index (χ1) is 12.5. The van der Waals surface area contributed by atoms with Crippen molar-refractivity contribution in [3.05, 3.63) is 30.2 Å². The second kappa shape index (κ2) is 8.05. The van der Waals surface area contributed by atoms with Gasteiger partial charge < -0.3 is 14.2 Å². The third kappa shape index (κ3) is 4.34. The van der Waals surface area contributed by atoms with Crippen LogP contribution in [0.25, 0.3) is 0 Å². The van der Waals surface area contributed by atoms with Crippen LogP contribution in [-0.4, -0.2) is 45.3 Å². The molecule has 3 rings (SSSR count). The Balaban J connectivity index is 1.59. The zero-order valence-corrected chi connectivity index (χ0v) is 15.8. The van der Waals surface area contributed by atoms with E-state index in [1.54, 1.807) is 31.4 Å². The Bertz CT molecular complexity index is 820. The fraction of sp³-hybridized carbons (Fsp3) is 0.529. The molecule has 0 bridgehead atoms. The zero-order valence-electron chi connectivity index (χ0n) is 15.0. The van der Waals surface area contributed by atoms with E-state index in [9.17, 15) is 8.42 Å². The molecule has 8 nitrogen and oxygen atoms in total. The summed E-state index contributed by atoms with van der Waals surface area (Å²) < 4.78 is 37.9. The lowest BCUT2D eigenvalue weighted by atomic mass is 9.99. The van der Waals surface area contributed by atoms with Crippen LogP contribution in [0.2, 0.25) is 0 Å². The van der Waals surface area contributed by atoms with Crippen LogP contribution in [0, 0.1) is 5.92 Å². The van der Waals surface area contributed by atoms with Gasteiger partial charge in [0.15, 0.2) is 0 Å². The van der Waals surface area contributed by atoms with Crippen LogP contribution in [0.3, 0.4) is 0 Å². The molecule has 2 aromatic rings. The monoisotopic (exact) mass is 380 g/mol. The topological polar surface area (TPSA) is 97.6 Å². The Kier molecular flexibility index (Phi) is 5.77. The van der Waals surface area contributed by atoms with Crippen molar-refractivity contribution < 1.29 is 17.7 Å². The maximum absolute atomic E-state index is 12.5. The van der Waals surface area contributed by atoms with Crippen molar-refractivity contribution in [1.82, 2.24) is 14.9 Å². The van der Waals surface area contributed by atoms with Gasteiger partial charge in [0.2, 0.25) is 15.9 Å². The number of benzene rings is 1. The Hall–Kier alpha value is -2.13. The highest BCUT2D eigenvalue weighted by molar-refractivity contribution is 7.89. The standard InChI is InChI=1S/C17H24N4O4S/c1-3-16-19-17(20-25-16)21-10-4-5-13(12-21)11-18-26(22,23)15-8-6-14(24-2)7-9-15/h6-9,13,18H,3-5,10-12H2,1-2H3. The first-order valence-electron chi connectivity index (χ1n) is 8.73. The van der Waals surface area contributed by atoms with Crippen molar-refractivity contribution in [2.75, 3.05) is 31.6 Å². The minimum absolute atomic E-state index is 0.195. The molecule has 1 aromatic carbocycles. The Labute approximate surface area is 153 Å². The highest BCUT2D eigenvalue weighted by Crippen LogP contribution is 2.21. The lowest BCUT2D eigenvalue weighted by Crippen LogP contribution is -2.41. The summed E-state index contributed by atoms with van der Waals surface area (Å²) in [5.41, 5.74) is 0. The van der Waals surface area contributed by atoms with Gasteiger partial charge in [0.25, 0.3) is 5.95 Å². The first-order valence-corrected chi connectivity index (χ1v) is 10.2. The summed E-state index contributed by atoms with van der Waals surface area (Å²) in [6, 6.07) is 6.36. The van der Waals surface area contributed by atoms with Crippen molar-refractivity contribution in [1.29, 1.82) is 0 Å². The average Bonchev–Trinajstić information content (AvgIpc) is 3.16. The molecule has 0 amide bonds. The quantitative estimate of drug-likeness (QED) is 0.782. The number of hydrogen-bond donors (Lipinski definition) is 1. The van der Waals surface area contributed by atoms with E-state index >= 15 is 0 Å². The fourth-order valence-electron chi connectivity index (χ4n) is 3.00. The second-order valence-corrected chi connectivity index (χ2v) is 8.09. The summed E-state index contributed by atoms with van der Waals surface area (Å²) in [5, 5.41) is 4.01. The van der Waals surface area contributed by atoms with Gasteiger partial charge in [-0.3, -0.25) is 0 Å². The van der Waals surface area contributed by atoms with Crippen molar-refractivity contribution in [2.24, 2.45) is 5.92 Å². The van der Waals surface area contributed by atoms with Gasteiger partial charge in [-0.05, 0) is 48.2 Å². The Morgan fingerprint density at radius 1 is 1.35 bits per heavy atom. The Morgan fingerprint density at radius 3 is 2.77 bits per heavy atom. The molecule has 9 heteroatoms. The summed E-state index contributed by atoms with van der Waals surface area (Å²) in [6.07, 6.45) is 2.62. The molecule has 0 radical (unpaired) electrons. The van der Waals surface area contributed by atoms with E-state index in [0.29, 0.717) is 37.1 Å². The van der Waals surface area contributed by atoms with Gasteiger partial charge in [0.1, 0.15) is 5.75 Å². The highest BCUT2D eigenvalue weighted by atomic mass is 32.2. The van der Waals surface area contributed by atoms with Crippen LogP contribution < -0.4 is 14.4 Å². The molecule has 1 N–H and O–H groups in total. The SMILES string of the molecule is CCc1nc(N2CCCC(CNS(=O)(=O)c3ccc(OC)cc3)C2)no1. The molecule has 0 aliphatic carbocycles. The number of piperidine rings is 1. The molecule has 26 heavy (non-hydrogen) atoms. The molecule has 1 aliphatic heterocycles. The third-order valence-corrected chi connectivity index (χ3v) is 5.93. The van der Waals surface area contributed by atoms with Gasteiger partial charge in [-0.15, -0.1) is 0 Å². The van der Waals surface area contributed by atoms with E-state index in [0.717, 1.165) is 19.4 Å². The molecule has 142 valence electrons. The van der Waals surface area contributed by atoms with Crippen molar-refractivity contribution >= 4 is 16.0 Å². The predicted octanol–water partition coefficient (Wildman–Crippen LogP) is 1.84. The first kappa shape index (κ1) is 18.7. The van der Waals surface area contributed by atoms with Gasteiger partial charge in [-0.25, -0.2) is 13.1 Å². The van der Waals surface area contributed by atoms with Crippen LogP contribution in [0.5, 0.6) is 5.75 Å².